The molecule has 0 heterocycles. The van der Waals surface area contributed by atoms with Crippen LogP contribution in [0, 0.1) is 5.92 Å². The summed E-state index contributed by atoms with van der Waals surface area (Å²) in [5, 5.41) is 43.8. The average molecular weight is 256 g/mol. The Morgan fingerprint density at radius 2 is 1.89 bits per heavy atom. The fraction of sp³-hybridized carbons (Fsp3) is 0.273. The molecule has 1 aliphatic carbocycles. The molecule has 0 amide bonds. The predicted molar refractivity (Wildman–Crippen MR) is 58.1 cm³/mol. The van der Waals surface area contributed by atoms with E-state index >= 15 is 0 Å². The zero-order chi connectivity index (χ0) is 13.9. The Hall–Kier alpha value is -1.96. The van der Waals surface area contributed by atoms with Crippen molar-refractivity contribution in [2.45, 2.75) is 12.4 Å². The minimum atomic E-state index is -2.96. The lowest BCUT2D eigenvalue weighted by molar-refractivity contribution is -0.308. The van der Waals surface area contributed by atoms with Crippen LogP contribution >= 0.6 is 0 Å². The third kappa shape index (κ3) is 3.81. The summed E-state index contributed by atoms with van der Waals surface area (Å²) in [7, 11) is 0. The van der Waals surface area contributed by atoms with Crippen molar-refractivity contribution < 1.29 is 35.1 Å². The largest absolute Gasteiger partial charge is 0.481 e. The number of hydrogen-bond acceptors (Lipinski definition) is 5. The van der Waals surface area contributed by atoms with Crippen molar-refractivity contribution in [2.24, 2.45) is 5.92 Å². The molecule has 0 saturated heterocycles. The van der Waals surface area contributed by atoms with Crippen molar-refractivity contribution in [1.82, 2.24) is 0 Å². The summed E-state index contributed by atoms with van der Waals surface area (Å²) in [5.41, 5.74) is -0.0675. The molecule has 0 aromatic heterocycles. The number of carbonyl (C=O) groups is 2. The molecule has 0 radical (unpaired) electrons. The minimum Gasteiger partial charge on any atom is -0.481 e. The summed E-state index contributed by atoms with van der Waals surface area (Å²) >= 11 is 0. The van der Waals surface area contributed by atoms with E-state index in [1.54, 1.807) is 0 Å². The molecule has 0 saturated carbocycles. The van der Waals surface area contributed by atoms with Gasteiger partial charge in [0.25, 0.3) is 5.97 Å². The van der Waals surface area contributed by atoms with Crippen LogP contribution in [-0.4, -0.2) is 43.4 Å². The van der Waals surface area contributed by atoms with Crippen molar-refractivity contribution in [3.8, 4) is 0 Å². The first kappa shape index (κ1) is 14.1. The van der Waals surface area contributed by atoms with Crippen molar-refractivity contribution in [1.29, 1.82) is 0 Å². The highest BCUT2D eigenvalue weighted by Gasteiger charge is 2.24. The number of rotatable bonds is 4. The molecule has 0 aromatic carbocycles. The molecule has 1 aliphatic rings. The second kappa shape index (κ2) is 5.13. The highest BCUT2D eigenvalue weighted by Crippen LogP contribution is 2.24. The molecule has 98 valence electrons. The van der Waals surface area contributed by atoms with Crippen molar-refractivity contribution in [3.63, 3.8) is 0 Å². The van der Waals surface area contributed by atoms with Crippen LogP contribution in [0.2, 0.25) is 0 Å². The predicted octanol–water partition coefficient (Wildman–Crippen LogP) is -0.785. The van der Waals surface area contributed by atoms with Crippen LogP contribution in [0.1, 0.15) is 6.42 Å². The summed E-state index contributed by atoms with van der Waals surface area (Å²) in [4.78, 5) is 21.6. The molecule has 5 N–H and O–H groups in total. The number of hydrogen-bond donors (Lipinski definition) is 5. The summed E-state index contributed by atoms with van der Waals surface area (Å²) in [5.74, 6) is -6.49. The number of aliphatic hydroxyl groups is 3. The van der Waals surface area contributed by atoms with Gasteiger partial charge in [-0.15, -0.1) is 0 Å². The molecule has 7 heteroatoms. The van der Waals surface area contributed by atoms with E-state index in [0.717, 1.165) is 18.2 Å². The van der Waals surface area contributed by atoms with E-state index in [4.69, 9.17) is 25.5 Å². The molecule has 0 spiro atoms. The van der Waals surface area contributed by atoms with Gasteiger partial charge in [-0.1, -0.05) is 18.2 Å². The van der Waals surface area contributed by atoms with Gasteiger partial charge in [0.05, 0.1) is 11.5 Å². The topological polar surface area (TPSA) is 135 Å². The van der Waals surface area contributed by atoms with E-state index in [9.17, 15) is 9.59 Å². The van der Waals surface area contributed by atoms with Gasteiger partial charge in [-0.05, 0) is 11.6 Å². The normalized spacial score (nSPS) is 21.8. The van der Waals surface area contributed by atoms with E-state index in [1.807, 2.05) is 0 Å². The third-order valence-electron chi connectivity index (χ3n) is 2.27. The fourth-order valence-electron chi connectivity index (χ4n) is 1.43. The standard InChI is InChI=1S/C11H12O7/c12-9(13)7-1-2-8(10(14)15)6(5-7)3-4-11(16,17)18/h1-3,5,8,16-18H,4H2,(H,12,13)(H,14,15). The smallest absolute Gasteiger partial charge is 0.335 e. The first-order chi connectivity index (χ1) is 8.20. The molecular formula is C11H12O7. The SMILES string of the molecule is O=C(O)C1=CC(=CCC(O)(O)O)C(C(=O)O)C=C1. The van der Waals surface area contributed by atoms with E-state index < -0.39 is 30.3 Å². The Balaban J connectivity index is 3.04. The van der Waals surface area contributed by atoms with Gasteiger partial charge in [0.1, 0.15) is 0 Å². The zero-order valence-corrected chi connectivity index (χ0v) is 9.15. The van der Waals surface area contributed by atoms with Crippen molar-refractivity contribution in [2.75, 3.05) is 0 Å². The minimum absolute atomic E-state index is 0.0592. The highest BCUT2D eigenvalue weighted by atomic mass is 16.7. The van der Waals surface area contributed by atoms with Gasteiger partial charge in [0.15, 0.2) is 0 Å². The van der Waals surface area contributed by atoms with Crippen LogP contribution < -0.4 is 0 Å². The van der Waals surface area contributed by atoms with Gasteiger partial charge in [0.2, 0.25) is 0 Å². The highest BCUT2D eigenvalue weighted by molar-refractivity contribution is 5.92. The maximum atomic E-state index is 10.9. The second-order valence-corrected chi connectivity index (χ2v) is 3.76. The van der Waals surface area contributed by atoms with Crippen molar-refractivity contribution in [3.05, 3.63) is 35.5 Å². The van der Waals surface area contributed by atoms with Crippen LogP contribution in [0.15, 0.2) is 35.5 Å². The molecule has 0 bridgehead atoms. The van der Waals surface area contributed by atoms with Crippen molar-refractivity contribution >= 4 is 11.9 Å². The maximum absolute atomic E-state index is 10.9. The van der Waals surface area contributed by atoms with Gasteiger partial charge >= 0.3 is 11.9 Å². The van der Waals surface area contributed by atoms with E-state index in [-0.39, 0.29) is 11.1 Å². The van der Waals surface area contributed by atoms with Crippen LogP contribution in [0.4, 0.5) is 0 Å². The zero-order valence-electron chi connectivity index (χ0n) is 9.15. The summed E-state index contributed by atoms with van der Waals surface area (Å²) < 4.78 is 0. The molecule has 0 fully saturated rings. The Bertz CT molecular complexity index is 451. The lowest BCUT2D eigenvalue weighted by Crippen LogP contribution is -2.26. The lowest BCUT2D eigenvalue weighted by atomic mass is 9.90. The molecule has 18 heavy (non-hydrogen) atoms. The summed E-state index contributed by atoms with van der Waals surface area (Å²) in [6.45, 7) is 0. The molecule has 1 unspecified atom stereocenters. The average Bonchev–Trinajstić information content (AvgIpc) is 2.24. The van der Waals surface area contributed by atoms with E-state index in [0.29, 0.717) is 0 Å². The Labute approximate surface area is 102 Å². The van der Waals surface area contributed by atoms with Gasteiger partial charge < -0.3 is 25.5 Å². The number of carboxylic acid groups (broad SMARTS) is 2. The number of allylic oxidation sites excluding steroid dienone is 1. The first-order valence-electron chi connectivity index (χ1n) is 4.94. The summed E-state index contributed by atoms with van der Waals surface area (Å²) in [6.07, 6.45) is 3.86. The molecule has 7 nitrogen and oxygen atoms in total. The van der Waals surface area contributed by atoms with Gasteiger partial charge in [-0.2, -0.15) is 0 Å². The summed E-state index contributed by atoms with van der Waals surface area (Å²) in [6, 6.07) is 0. The fourth-order valence-corrected chi connectivity index (χ4v) is 1.43. The Kier molecular flexibility index (Phi) is 4.02. The van der Waals surface area contributed by atoms with E-state index in [2.05, 4.69) is 0 Å². The molecule has 1 rings (SSSR count). The quantitative estimate of drug-likeness (QED) is 0.416. The van der Waals surface area contributed by atoms with Crippen LogP contribution in [0.5, 0.6) is 0 Å². The van der Waals surface area contributed by atoms with Crippen LogP contribution in [0.3, 0.4) is 0 Å². The molecule has 0 aromatic rings. The van der Waals surface area contributed by atoms with Crippen LogP contribution in [0.25, 0.3) is 0 Å². The second-order valence-electron chi connectivity index (χ2n) is 3.76. The monoisotopic (exact) mass is 256 g/mol. The first-order valence-corrected chi connectivity index (χ1v) is 4.94. The lowest BCUT2D eigenvalue weighted by Gasteiger charge is -2.17. The molecular weight excluding hydrogens is 244 g/mol. The Morgan fingerprint density at radius 3 is 2.33 bits per heavy atom. The van der Waals surface area contributed by atoms with Gasteiger partial charge in [-0.25, -0.2) is 4.79 Å². The maximum Gasteiger partial charge on any atom is 0.335 e. The number of carboxylic acids is 2. The Morgan fingerprint density at radius 1 is 1.28 bits per heavy atom. The third-order valence-corrected chi connectivity index (χ3v) is 2.27. The van der Waals surface area contributed by atoms with Crippen LogP contribution in [-0.2, 0) is 9.59 Å². The van der Waals surface area contributed by atoms with Gasteiger partial charge in [-0.3, -0.25) is 4.79 Å². The van der Waals surface area contributed by atoms with E-state index in [1.165, 1.54) is 6.08 Å². The molecule has 0 aliphatic heterocycles. The molecule has 1 atom stereocenters. The number of aliphatic carboxylic acids is 2. The van der Waals surface area contributed by atoms with Gasteiger partial charge in [0, 0.05) is 6.42 Å².